The highest BCUT2D eigenvalue weighted by Gasteiger charge is 2.22. The number of hydrogen-bond acceptors (Lipinski definition) is 3. The van der Waals surface area contributed by atoms with Gasteiger partial charge in [0.1, 0.15) is 5.82 Å². The van der Waals surface area contributed by atoms with Crippen LogP contribution in [0.25, 0.3) is 11.0 Å². The molecule has 1 amide bonds. The lowest BCUT2D eigenvalue weighted by molar-refractivity contribution is -0.130. The third-order valence-electron chi connectivity index (χ3n) is 4.26. The number of amides is 1. The van der Waals surface area contributed by atoms with Crippen molar-refractivity contribution in [2.24, 2.45) is 5.92 Å². The van der Waals surface area contributed by atoms with E-state index in [1.54, 1.807) is 11.8 Å². The molecule has 0 spiro atoms. The van der Waals surface area contributed by atoms with E-state index in [4.69, 9.17) is 0 Å². The van der Waals surface area contributed by atoms with Crippen LogP contribution in [-0.4, -0.2) is 39.6 Å². The van der Waals surface area contributed by atoms with Crippen molar-refractivity contribution in [1.29, 1.82) is 0 Å². The summed E-state index contributed by atoms with van der Waals surface area (Å²) >= 11 is 1.66. The lowest BCUT2D eigenvalue weighted by Crippen LogP contribution is -2.40. The Hall–Kier alpha value is -1.49. The fraction of sp³-hybridized carbons (Fsp3) is 0.529. The minimum Gasteiger partial charge on any atom is -0.342 e. The van der Waals surface area contributed by atoms with Crippen LogP contribution in [0.15, 0.2) is 24.3 Å². The zero-order chi connectivity index (χ0) is 15.5. The molecule has 2 heterocycles. The Morgan fingerprint density at radius 1 is 1.50 bits per heavy atom. The number of nitrogens with one attached hydrogen (secondary N) is 1. The van der Waals surface area contributed by atoms with Crippen LogP contribution in [0.4, 0.5) is 0 Å². The number of hydrogen-bond donors (Lipinski definition) is 1. The summed E-state index contributed by atoms with van der Waals surface area (Å²) in [4.78, 5) is 22.3. The Bertz CT molecular complexity index is 621. The first-order chi connectivity index (χ1) is 10.6. The SMILES string of the molecule is CC1CCCN(C(=O)CSC(C)c2nc3ccccc3[nH]2)C1. The van der Waals surface area contributed by atoms with Crippen LogP contribution in [0.3, 0.4) is 0 Å². The molecule has 2 aromatic rings. The van der Waals surface area contributed by atoms with Gasteiger partial charge in [0, 0.05) is 13.1 Å². The van der Waals surface area contributed by atoms with Gasteiger partial charge in [-0.2, -0.15) is 0 Å². The molecule has 0 radical (unpaired) electrons. The second-order valence-corrected chi connectivity index (χ2v) is 7.51. The number of imidazole rings is 1. The van der Waals surface area contributed by atoms with Gasteiger partial charge in [-0.15, -0.1) is 11.8 Å². The van der Waals surface area contributed by atoms with Gasteiger partial charge in [0.2, 0.25) is 5.91 Å². The summed E-state index contributed by atoms with van der Waals surface area (Å²) in [6.45, 7) is 6.17. The molecule has 1 aromatic heterocycles. The van der Waals surface area contributed by atoms with E-state index in [1.807, 2.05) is 29.2 Å². The molecule has 0 aliphatic carbocycles. The van der Waals surface area contributed by atoms with Gasteiger partial charge in [-0.25, -0.2) is 4.98 Å². The molecular formula is C17H23N3OS. The number of aromatic amines is 1. The van der Waals surface area contributed by atoms with Crippen molar-refractivity contribution >= 4 is 28.7 Å². The molecule has 2 atom stereocenters. The van der Waals surface area contributed by atoms with E-state index in [0.29, 0.717) is 11.7 Å². The van der Waals surface area contributed by atoms with Crippen LogP contribution in [0, 0.1) is 5.92 Å². The van der Waals surface area contributed by atoms with Crippen molar-refractivity contribution in [3.8, 4) is 0 Å². The van der Waals surface area contributed by atoms with Crippen molar-refractivity contribution < 1.29 is 4.79 Å². The van der Waals surface area contributed by atoms with E-state index >= 15 is 0 Å². The van der Waals surface area contributed by atoms with Gasteiger partial charge < -0.3 is 9.88 Å². The maximum absolute atomic E-state index is 12.3. The summed E-state index contributed by atoms with van der Waals surface area (Å²) in [5.74, 6) is 2.38. The smallest absolute Gasteiger partial charge is 0.232 e. The molecular weight excluding hydrogens is 294 g/mol. The average Bonchev–Trinajstić information content (AvgIpc) is 2.96. The van der Waals surface area contributed by atoms with Gasteiger partial charge in [0.15, 0.2) is 0 Å². The molecule has 2 unspecified atom stereocenters. The maximum Gasteiger partial charge on any atom is 0.232 e. The van der Waals surface area contributed by atoms with E-state index in [0.717, 1.165) is 36.4 Å². The molecule has 5 heteroatoms. The van der Waals surface area contributed by atoms with E-state index in [1.165, 1.54) is 6.42 Å². The Balaban J connectivity index is 1.57. The quantitative estimate of drug-likeness (QED) is 0.937. The first-order valence-corrected chi connectivity index (χ1v) is 9.02. The highest BCUT2D eigenvalue weighted by Crippen LogP contribution is 2.28. The molecule has 118 valence electrons. The molecule has 1 fully saturated rings. The van der Waals surface area contributed by atoms with Crippen LogP contribution in [0.1, 0.15) is 37.8 Å². The largest absolute Gasteiger partial charge is 0.342 e. The van der Waals surface area contributed by atoms with Crippen molar-refractivity contribution in [1.82, 2.24) is 14.9 Å². The number of benzene rings is 1. The first kappa shape index (κ1) is 15.4. The molecule has 4 nitrogen and oxygen atoms in total. The molecule has 22 heavy (non-hydrogen) atoms. The summed E-state index contributed by atoms with van der Waals surface area (Å²) in [5, 5.41) is 0.193. The highest BCUT2D eigenvalue weighted by atomic mass is 32.2. The van der Waals surface area contributed by atoms with Crippen LogP contribution in [-0.2, 0) is 4.79 Å². The van der Waals surface area contributed by atoms with E-state index < -0.39 is 0 Å². The summed E-state index contributed by atoms with van der Waals surface area (Å²) in [6.07, 6.45) is 2.38. The molecule has 1 saturated heterocycles. The van der Waals surface area contributed by atoms with Gasteiger partial charge in [0.05, 0.1) is 22.0 Å². The lowest BCUT2D eigenvalue weighted by atomic mass is 10.0. The second kappa shape index (κ2) is 6.73. The standard InChI is InChI=1S/C17H23N3OS/c1-12-6-5-9-20(10-12)16(21)11-22-13(2)17-18-14-7-3-4-8-15(14)19-17/h3-4,7-8,12-13H,5-6,9-11H2,1-2H3,(H,18,19). The number of aromatic nitrogens is 2. The Kier molecular flexibility index (Phi) is 4.71. The van der Waals surface area contributed by atoms with Crippen molar-refractivity contribution in [2.45, 2.75) is 31.9 Å². The van der Waals surface area contributed by atoms with Gasteiger partial charge in [-0.3, -0.25) is 4.79 Å². The molecule has 1 aliphatic heterocycles. The number of carbonyl (C=O) groups is 1. The number of rotatable bonds is 4. The van der Waals surface area contributed by atoms with Gasteiger partial charge >= 0.3 is 0 Å². The molecule has 0 bridgehead atoms. The van der Waals surface area contributed by atoms with E-state index in [9.17, 15) is 4.79 Å². The third-order valence-corrected chi connectivity index (χ3v) is 5.40. The molecule has 1 aliphatic rings. The molecule has 1 N–H and O–H groups in total. The highest BCUT2D eigenvalue weighted by molar-refractivity contribution is 8.00. The van der Waals surface area contributed by atoms with Gasteiger partial charge in [0.25, 0.3) is 0 Å². The van der Waals surface area contributed by atoms with E-state index in [-0.39, 0.29) is 11.2 Å². The van der Waals surface area contributed by atoms with Crippen molar-refractivity contribution in [3.63, 3.8) is 0 Å². The summed E-state index contributed by atoms with van der Waals surface area (Å²) in [5.41, 5.74) is 2.04. The molecule has 3 rings (SSSR count). The number of likely N-dealkylation sites (tertiary alicyclic amines) is 1. The fourth-order valence-corrected chi connectivity index (χ4v) is 3.79. The average molecular weight is 317 g/mol. The number of nitrogens with zero attached hydrogens (tertiary/aromatic N) is 2. The van der Waals surface area contributed by atoms with Crippen molar-refractivity contribution in [2.75, 3.05) is 18.8 Å². The Morgan fingerprint density at radius 2 is 2.32 bits per heavy atom. The number of fused-ring (bicyclic) bond motifs is 1. The number of thioether (sulfide) groups is 1. The Labute approximate surface area is 135 Å². The lowest BCUT2D eigenvalue weighted by Gasteiger charge is -2.31. The van der Waals surface area contributed by atoms with Crippen LogP contribution < -0.4 is 0 Å². The van der Waals surface area contributed by atoms with E-state index in [2.05, 4.69) is 23.8 Å². The second-order valence-electron chi connectivity index (χ2n) is 6.18. The fourth-order valence-electron chi connectivity index (χ4n) is 2.95. The topological polar surface area (TPSA) is 49.0 Å². The van der Waals surface area contributed by atoms with Crippen LogP contribution in [0.5, 0.6) is 0 Å². The monoisotopic (exact) mass is 317 g/mol. The number of piperidine rings is 1. The minimum absolute atomic E-state index is 0.193. The Morgan fingerprint density at radius 3 is 3.09 bits per heavy atom. The van der Waals surface area contributed by atoms with Crippen LogP contribution >= 0.6 is 11.8 Å². The zero-order valence-electron chi connectivity index (χ0n) is 13.2. The number of carbonyl (C=O) groups excluding carboxylic acids is 1. The minimum atomic E-state index is 0.193. The van der Waals surface area contributed by atoms with Gasteiger partial charge in [-0.1, -0.05) is 19.1 Å². The summed E-state index contributed by atoms with van der Waals surface area (Å²) < 4.78 is 0. The predicted octanol–water partition coefficient (Wildman–Crippen LogP) is 3.62. The normalized spacial score (nSPS) is 20.3. The van der Waals surface area contributed by atoms with Crippen LogP contribution in [0.2, 0.25) is 0 Å². The number of H-pyrrole nitrogens is 1. The third kappa shape index (κ3) is 3.46. The van der Waals surface area contributed by atoms with Gasteiger partial charge in [-0.05, 0) is 37.8 Å². The summed E-state index contributed by atoms with van der Waals surface area (Å²) in [6, 6.07) is 8.03. The first-order valence-electron chi connectivity index (χ1n) is 7.97. The maximum atomic E-state index is 12.3. The van der Waals surface area contributed by atoms with Crippen molar-refractivity contribution in [3.05, 3.63) is 30.1 Å². The zero-order valence-corrected chi connectivity index (χ0v) is 14.0. The summed E-state index contributed by atoms with van der Waals surface area (Å²) in [7, 11) is 0. The predicted molar refractivity (Wildman–Crippen MR) is 91.9 cm³/mol. The number of para-hydroxylation sites is 2. The molecule has 1 aromatic carbocycles. The molecule has 0 saturated carbocycles.